The number of thiophene rings is 1. The molecule has 0 aliphatic heterocycles. The fourth-order valence-electron chi connectivity index (χ4n) is 2.14. The molecule has 0 fully saturated rings. The Morgan fingerprint density at radius 3 is 2.75 bits per heavy atom. The summed E-state index contributed by atoms with van der Waals surface area (Å²) in [5.41, 5.74) is 2.06. The molecule has 20 heavy (non-hydrogen) atoms. The van der Waals surface area contributed by atoms with Crippen LogP contribution in [0.3, 0.4) is 0 Å². The topological polar surface area (TPSA) is 46.3 Å². The van der Waals surface area contributed by atoms with E-state index in [1.807, 2.05) is 19.1 Å². The summed E-state index contributed by atoms with van der Waals surface area (Å²) >= 11 is 1.57. The summed E-state index contributed by atoms with van der Waals surface area (Å²) < 4.78 is 5.02. The summed E-state index contributed by atoms with van der Waals surface area (Å²) in [5.74, 6) is 0.805. The zero-order chi connectivity index (χ0) is 14.7. The van der Waals surface area contributed by atoms with Crippen LogP contribution < -0.4 is 0 Å². The summed E-state index contributed by atoms with van der Waals surface area (Å²) in [7, 11) is 1.79. The average molecular weight is 292 g/mol. The Kier molecular flexibility index (Phi) is 4.60. The fourth-order valence-corrected chi connectivity index (χ4v) is 3.20. The number of nitrogens with zero attached hydrogens (tertiary/aromatic N) is 2. The van der Waals surface area contributed by atoms with Crippen molar-refractivity contribution in [1.29, 1.82) is 0 Å². The lowest BCUT2D eigenvalue weighted by molar-refractivity contribution is 0.0787. The van der Waals surface area contributed by atoms with Gasteiger partial charge in [-0.2, -0.15) is 0 Å². The van der Waals surface area contributed by atoms with Crippen LogP contribution in [0.2, 0.25) is 0 Å². The van der Waals surface area contributed by atoms with Gasteiger partial charge in [-0.15, -0.1) is 11.3 Å². The van der Waals surface area contributed by atoms with Gasteiger partial charge in [-0.3, -0.25) is 4.79 Å². The molecule has 2 heterocycles. The summed E-state index contributed by atoms with van der Waals surface area (Å²) in [6, 6.07) is 3.88. The molecule has 0 spiro atoms. The minimum atomic E-state index is 0.0427. The summed E-state index contributed by atoms with van der Waals surface area (Å²) in [4.78, 5) is 16.1. The van der Waals surface area contributed by atoms with E-state index in [4.69, 9.17) is 4.52 Å². The third-order valence-electron chi connectivity index (χ3n) is 3.17. The minimum absolute atomic E-state index is 0.0427. The van der Waals surface area contributed by atoms with E-state index in [1.165, 1.54) is 10.4 Å². The molecule has 0 saturated heterocycles. The molecule has 0 radical (unpaired) electrons. The van der Waals surface area contributed by atoms with Gasteiger partial charge in [0.15, 0.2) is 0 Å². The molecular formula is C15H20N2O2S. The normalized spacial score (nSPS) is 10.8. The van der Waals surface area contributed by atoms with Crippen molar-refractivity contribution in [2.24, 2.45) is 0 Å². The smallest absolute Gasteiger partial charge is 0.264 e. The van der Waals surface area contributed by atoms with E-state index < -0.39 is 0 Å². The lowest BCUT2D eigenvalue weighted by Crippen LogP contribution is -2.25. The first-order chi connectivity index (χ1) is 9.51. The van der Waals surface area contributed by atoms with Crippen LogP contribution in [0.1, 0.15) is 44.9 Å². The second-order valence-electron chi connectivity index (χ2n) is 5.03. The largest absolute Gasteiger partial charge is 0.361 e. The van der Waals surface area contributed by atoms with Crippen LogP contribution in [0.5, 0.6) is 0 Å². The van der Waals surface area contributed by atoms with E-state index in [2.05, 4.69) is 19.0 Å². The molecule has 2 aromatic heterocycles. The van der Waals surface area contributed by atoms with Crippen molar-refractivity contribution in [3.8, 4) is 0 Å². The number of aromatic nitrogens is 1. The number of hydrogen-bond donors (Lipinski definition) is 0. The first-order valence-corrected chi connectivity index (χ1v) is 7.60. The first-order valence-electron chi connectivity index (χ1n) is 6.78. The van der Waals surface area contributed by atoms with Gasteiger partial charge in [0.25, 0.3) is 5.91 Å². The Balaban J connectivity index is 2.08. The van der Waals surface area contributed by atoms with Gasteiger partial charge in [-0.05, 0) is 31.9 Å². The van der Waals surface area contributed by atoms with Gasteiger partial charge in [0, 0.05) is 18.0 Å². The molecule has 1 amide bonds. The summed E-state index contributed by atoms with van der Waals surface area (Å²) in [5, 5.41) is 3.92. The van der Waals surface area contributed by atoms with E-state index in [-0.39, 0.29) is 5.91 Å². The molecule has 0 atom stereocenters. The molecule has 4 nitrogen and oxygen atoms in total. The predicted molar refractivity (Wildman–Crippen MR) is 80.1 cm³/mol. The van der Waals surface area contributed by atoms with Gasteiger partial charge >= 0.3 is 0 Å². The highest BCUT2D eigenvalue weighted by Crippen LogP contribution is 2.24. The van der Waals surface area contributed by atoms with Crippen LogP contribution in [0.15, 0.2) is 16.7 Å². The quantitative estimate of drug-likeness (QED) is 0.846. The molecule has 0 N–H and O–H groups in total. The molecule has 0 aromatic carbocycles. The predicted octanol–water partition coefficient (Wildman–Crippen LogP) is 3.58. The average Bonchev–Trinajstić information content (AvgIpc) is 2.96. The molecule has 5 heteroatoms. The van der Waals surface area contributed by atoms with Crippen molar-refractivity contribution in [2.75, 3.05) is 7.05 Å². The Labute approximate surface area is 123 Å². The second-order valence-corrected chi connectivity index (χ2v) is 6.29. The van der Waals surface area contributed by atoms with Crippen LogP contribution in [0, 0.1) is 13.8 Å². The maximum atomic E-state index is 12.4. The zero-order valence-electron chi connectivity index (χ0n) is 12.4. The van der Waals surface area contributed by atoms with Crippen molar-refractivity contribution in [1.82, 2.24) is 10.1 Å². The Hall–Kier alpha value is -1.62. The number of hydrogen-bond acceptors (Lipinski definition) is 4. The lowest BCUT2D eigenvalue weighted by Gasteiger charge is -2.14. The van der Waals surface area contributed by atoms with Crippen molar-refractivity contribution in [3.05, 3.63) is 38.9 Å². The molecule has 2 rings (SSSR count). The number of carbonyl (C=O) groups excluding carboxylic acids is 1. The Bertz CT molecular complexity index is 601. The van der Waals surface area contributed by atoms with Crippen molar-refractivity contribution < 1.29 is 9.32 Å². The maximum absolute atomic E-state index is 12.4. The first kappa shape index (κ1) is 14.8. The molecular weight excluding hydrogens is 272 g/mol. The Morgan fingerprint density at radius 2 is 2.15 bits per heavy atom. The highest BCUT2D eigenvalue weighted by molar-refractivity contribution is 7.14. The van der Waals surface area contributed by atoms with Gasteiger partial charge in [0.1, 0.15) is 11.5 Å². The van der Waals surface area contributed by atoms with Gasteiger partial charge in [0.05, 0.1) is 11.4 Å². The molecule has 0 aliphatic carbocycles. The van der Waals surface area contributed by atoms with Crippen molar-refractivity contribution in [3.63, 3.8) is 0 Å². The fraction of sp³-hybridized carbons (Fsp3) is 0.467. The highest BCUT2D eigenvalue weighted by atomic mass is 32.1. The molecule has 108 valence electrons. The number of rotatable bonds is 5. The van der Waals surface area contributed by atoms with Crippen molar-refractivity contribution in [2.45, 2.75) is 40.2 Å². The lowest BCUT2D eigenvalue weighted by atomic mass is 10.1. The Morgan fingerprint density at radius 1 is 1.40 bits per heavy atom. The van der Waals surface area contributed by atoms with Gasteiger partial charge in [-0.1, -0.05) is 18.5 Å². The summed E-state index contributed by atoms with van der Waals surface area (Å²) in [6.07, 6.45) is 2.13. The van der Waals surface area contributed by atoms with Crippen LogP contribution in [-0.4, -0.2) is 23.0 Å². The second kappa shape index (κ2) is 6.22. The number of carbonyl (C=O) groups is 1. The van der Waals surface area contributed by atoms with E-state index in [0.717, 1.165) is 29.2 Å². The minimum Gasteiger partial charge on any atom is -0.361 e. The van der Waals surface area contributed by atoms with E-state index >= 15 is 0 Å². The number of amides is 1. The van der Waals surface area contributed by atoms with Gasteiger partial charge in [-0.25, -0.2) is 0 Å². The standard InChI is InChI=1S/C15H20N2O2S/c1-5-6-12-8-14(20-11(12)3)15(18)17(4)9-13-7-10(2)19-16-13/h7-8H,5-6,9H2,1-4H3. The molecule has 2 aromatic rings. The number of aryl methyl sites for hydroxylation is 3. The van der Waals surface area contributed by atoms with E-state index in [9.17, 15) is 4.79 Å². The van der Waals surface area contributed by atoms with Crippen molar-refractivity contribution >= 4 is 17.2 Å². The maximum Gasteiger partial charge on any atom is 0.264 e. The van der Waals surface area contributed by atoms with Crippen LogP contribution in [-0.2, 0) is 13.0 Å². The zero-order valence-corrected chi connectivity index (χ0v) is 13.2. The van der Waals surface area contributed by atoms with E-state index in [1.54, 1.807) is 23.3 Å². The SMILES string of the molecule is CCCc1cc(C(=O)N(C)Cc2cc(C)on2)sc1C. The molecule has 0 aliphatic rings. The summed E-state index contributed by atoms with van der Waals surface area (Å²) in [6.45, 7) is 6.54. The van der Waals surface area contributed by atoms with Gasteiger partial charge in [0.2, 0.25) is 0 Å². The van der Waals surface area contributed by atoms with Crippen LogP contribution >= 0.6 is 11.3 Å². The highest BCUT2D eigenvalue weighted by Gasteiger charge is 2.17. The van der Waals surface area contributed by atoms with Crippen LogP contribution in [0.25, 0.3) is 0 Å². The monoisotopic (exact) mass is 292 g/mol. The molecule has 0 bridgehead atoms. The third-order valence-corrected chi connectivity index (χ3v) is 4.25. The van der Waals surface area contributed by atoms with E-state index in [0.29, 0.717) is 6.54 Å². The third kappa shape index (κ3) is 3.28. The molecule has 0 saturated carbocycles. The van der Waals surface area contributed by atoms with Crippen LogP contribution in [0.4, 0.5) is 0 Å². The van der Waals surface area contributed by atoms with Gasteiger partial charge < -0.3 is 9.42 Å². The molecule has 0 unspecified atom stereocenters.